The zero-order valence-electron chi connectivity index (χ0n) is 8.02. The zero-order chi connectivity index (χ0) is 10.1. The lowest BCUT2D eigenvalue weighted by Crippen LogP contribution is -1.89. The van der Waals surface area contributed by atoms with Crippen molar-refractivity contribution >= 4 is 22.9 Å². The molecule has 0 aliphatic carbocycles. The highest BCUT2D eigenvalue weighted by atomic mass is 32.2. The van der Waals surface area contributed by atoms with Crippen molar-refractivity contribution in [2.75, 3.05) is 6.26 Å². The van der Waals surface area contributed by atoms with E-state index in [-0.39, 0.29) is 0 Å². The van der Waals surface area contributed by atoms with Crippen molar-refractivity contribution in [2.45, 2.75) is 18.3 Å². The first kappa shape index (κ1) is 9.55. The first-order valence-corrected chi connectivity index (χ1v) is 5.55. The maximum atomic E-state index is 9.38. The van der Waals surface area contributed by atoms with E-state index in [1.165, 1.54) is 11.8 Å². The van der Waals surface area contributed by atoms with E-state index in [9.17, 15) is 5.11 Å². The SMILES string of the molecule is CSc1nc2ccc(C(C)O)cc2o1. The van der Waals surface area contributed by atoms with Gasteiger partial charge < -0.3 is 9.52 Å². The predicted molar refractivity (Wildman–Crippen MR) is 56.4 cm³/mol. The van der Waals surface area contributed by atoms with Crippen LogP contribution in [0.15, 0.2) is 27.8 Å². The molecular weight excluding hydrogens is 198 g/mol. The van der Waals surface area contributed by atoms with Gasteiger partial charge in [0.05, 0.1) is 6.10 Å². The topological polar surface area (TPSA) is 46.3 Å². The van der Waals surface area contributed by atoms with Crippen molar-refractivity contribution in [3.05, 3.63) is 23.8 Å². The lowest BCUT2D eigenvalue weighted by atomic mass is 10.1. The molecule has 2 rings (SSSR count). The largest absolute Gasteiger partial charge is 0.431 e. The third-order valence-electron chi connectivity index (χ3n) is 2.05. The number of thioether (sulfide) groups is 1. The van der Waals surface area contributed by atoms with Crippen LogP contribution in [0, 0.1) is 0 Å². The van der Waals surface area contributed by atoms with Gasteiger partial charge in [0.2, 0.25) is 0 Å². The van der Waals surface area contributed by atoms with E-state index in [1.807, 2.05) is 24.5 Å². The molecule has 2 aromatic rings. The fourth-order valence-corrected chi connectivity index (χ4v) is 1.63. The van der Waals surface area contributed by atoms with Crippen molar-refractivity contribution in [2.24, 2.45) is 0 Å². The van der Waals surface area contributed by atoms with Crippen LogP contribution in [0.5, 0.6) is 0 Å². The van der Waals surface area contributed by atoms with Crippen molar-refractivity contribution in [1.82, 2.24) is 4.98 Å². The van der Waals surface area contributed by atoms with Gasteiger partial charge in [-0.3, -0.25) is 0 Å². The van der Waals surface area contributed by atoms with Gasteiger partial charge in [0, 0.05) is 0 Å². The van der Waals surface area contributed by atoms with Crippen molar-refractivity contribution in [1.29, 1.82) is 0 Å². The third kappa shape index (κ3) is 1.63. The molecule has 74 valence electrons. The van der Waals surface area contributed by atoms with E-state index >= 15 is 0 Å². The number of aliphatic hydroxyl groups excluding tert-OH is 1. The Labute approximate surface area is 86.1 Å². The van der Waals surface area contributed by atoms with E-state index in [0.717, 1.165) is 16.7 Å². The Kier molecular flexibility index (Phi) is 2.48. The molecular formula is C10H11NO2S. The maximum Gasteiger partial charge on any atom is 0.256 e. The second kappa shape index (κ2) is 3.63. The van der Waals surface area contributed by atoms with E-state index < -0.39 is 6.10 Å². The van der Waals surface area contributed by atoms with Gasteiger partial charge in [-0.2, -0.15) is 0 Å². The van der Waals surface area contributed by atoms with E-state index in [0.29, 0.717) is 5.22 Å². The molecule has 1 heterocycles. The second-order valence-electron chi connectivity index (χ2n) is 3.09. The third-order valence-corrected chi connectivity index (χ3v) is 2.57. The van der Waals surface area contributed by atoms with Crippen molar-refractivity contribution in [3.63, 3.8) is 0 Å². The number of benzene rings is 1. The van der Waals surface area contributed by atoms with Gasteiger partial charge in [-0.05, 0) is 30.9 Å². The summed E-state index contributed by atoms with van der Waals surface area (Å²) in [5.74, 6) is 0. The zero-order valence-corrected chi connectivity index (χ0v) is 8.84. The Balaban J connectivity index is 2.54. The maximum absolute atomic E-state index is 9.38. The van der Waals surface area contributed by atoms with Gasteiger partial charge in [0.15, 0.2) is 5.58 Å². The summed E-state index contributed by atoms with van der Waals surface area (Å²) in [6.45, 7) is 1.73. The molecule has 0 spiro atoms. The molecule has 0 radical (unpaired) electrons. The number of hydrogen-bond donors (Lipinski definition) is 1. The minimum absolute atomic E-state index is 0.470. The lowest BCUT2D eigenvalue weighted by Gasteiger charge is -2.01. The highest BCUT2D eigenvalue weighted by molar-refractivity contribution is 7.98. The molecule has 0 aliphatic rings. The molecule has 1 atom stereocenters. The van der Waals surface area contributed by atoms with Gasteiger partial charge in [0.1, 0.15) is 5.52 Å². The van der Waals surface area contributed by atoms with Crippen LogP contribution < -0.4 is 0 Å². The molecule has 0 saturated carbocycles. The number of oxazole rings is 1. The molecule has 0 aliphatic heterocycles. The fraction of sp³-hybridized carbons (Fsp3) is 0.300. The summed E-state index contributed by atoms with van der Waals surface area (Å²) < 4.78 is 5.45. The molecule has 3 nitrogen and oxygen atoms in total. The molecule has 0 fully saturated rings. The number of hydrogen-bond acceptors (Lipinski definition) is 4. The van der Waals surface area contributed by atoms with Gasteiger partial charge in [-0.15, -0.1) is 0 Å². The molecule has 1 aromatic carbocycles. The van der Waals surface area contributed by atoms with Gasteiger partial charge in [-0.25, -0.2) is 4.98 Å². The monoisotopic (exact) mass is 209 g/mol. The molecule has 1 N–H and O–H groups in total. The Morgan fingerprint density at radius 3 is 2.93 bits per heavy atom. The second-order valence-corrected chi connectivity index (χ2v) is 3.84. The number of aliphatic hydroxyl groups is 1. The van der Waals surface area contributed by atoms with E-state index in [1.54, 1.807) is 6.92 Å². The van der Waals surface area contributed by atoms with E-state index in [2.05, 4.69) is 4.98 Å². The standard InChI is InChI=1S/C10H11NO2S/c1-6(12)7-3-4-8-9(5-7)13-10(11-8)14-2/h3-6,12H,1-2H3. The summed E-state index contributed by atoms with van der Waals surface area (Å²) in [5, 5.41) is 10.0. The molecule has 14 heavy (non-hydrogen) atoms. The van der Waals surface area contributed by atoms with Crippen LogP contribution in [0.4, 0.5) is 0 Å². The number of rotatable bonds is 2. The Bertz CT molecular complexity index is 450. The van der Waals surface area contributed by atoms with Crippen molar-refractivity contribution < 1.29 is 9.52 Å². The van der Waals surface area contributed by atoms with E-state index in [4.69, 9.17) is 4.42 Å². The average molecular weight is 209 g/mol. The van der Waals surface area contributed by atoms with Crippen molar-refractivity contribution in [3.8, 4) is 0 Å². The summed E-state index contributed by atoms with van der Waals surface area (Å²) in [6, 6.07) is 5.55. The van der Waals surface area contributed by atoms with Crippen LogP contribution in [-0.2, 0) is 0 Å². The molecule has 4 heteroatoms. The van der Waals surface area contributed by atoms with Gasteiger partial charge in [-0.1, -0.05) is 17.8 Å². The Hall–Kier alpha value is -1.00. The van der Waals surface area contributed by atoms with Crippen LogP contribution in [0.2, 0.25) is 0 Å². The van der Waals surface area contributed by atoms with Crippen LogP contribution in [0.1, 0.15) is 18.6 Å². The average Bonchev–Trinajstić information content (AvgIpc) is 2.58. The first-order chi connectivity index (χ1) is 6.70. The van der Waals surface area contributed by atoms with Crippen LogP contribution in [0.25, 0.3) is 11.1 Å². The summed E-state index contributed by atoms with van der Waals surface area (Å²) in [7, 11) is 0. The smallest absolute Gasteiger partial charge is 0.256 e. The minimum Gasteiger partial charge on any atom is -0.431 e. The minimum atomic E-state index is -0.470. The Morgan fingerprint density at radius 2 is 2.29 bits per heavy atom. The van der Waals surface area contributed by atoms with Crippen LogP contribution in [-0.4, -0.2) is 16.3 Å². The van der Waals surface area contributed by atoms with Gasteiger partial charge >= 0.3 is 0 Å². The summed E-state index contributed by atoms with van der Waals surface area (Å²) in [6.07, 6.45) is 1.45. The summed E-state index contributed by atoms with van der Waals surface area (Å²) >= 11 is 1.47. The molecule has 0 bridgehead atoms. The number of fused-ring (bicyclic) bond motifs is 1. The van der Waals surface area contributed by atoms with Crippen LogP contribution >= 0.6 is 11.8 Å². The Morgan fingerprint density at radius 1 is 1.50 bits per heavy atom. The molecule has 1 unspecified atom stereocenters. The summed E-state index contributed by atoms with van der Waals surface area (Å²) in [5.41, 5.74) is 2.41. The highest BCUT2D eigenvalue weighted by Gasteiger charge is 2.07. The van der Waals surface area contributed by atoms with Crippen LogP contribution in [0.3, 0.4) is 0 Å². The fourth-order valence-electron chi connectivity index (χ4n) is 1.27. The van der Waals surface area contributed by atoms with Gasteiger partial charge in [0.25, 0.3) is 5.22 Å². The first-order valence-electron chi connectivity index (χ1n) is 4.33. The molecule has 1 aromatic heterocycles. The highest BCUT2D eigenvalue weighted by Crippen LogP contribution is 2.24. The number of aromatic nitrogens is 1. The molecule has 0 saturated heterocycles. The number of nitrogens with zero attached hydrogens (tertiary/aromatic N) is 1. The normalized spacial score (nSPS) is 13.4. The predicted octanol–water partition coefficient (Wildman–Crippen LogP) is 2.60. The quantitative estimate of drug-likeness (QED) is 0.772. The summed E-state index contributed by atoms with van der Waals surface area (Å²) in [4.78, 5) is 4.25. The molecule has 0 amide bonds. The lowest BCUT2D eigenvalue weighted by molar-refractivity contribution is 0.199.